The lowest BCUT2D eigenvalue weighted by Gasteiger charge is -2.29. The number of carbonyl (C=O) groups excluding carboxylic acids is 1. The van der Waals surface area contributed by atoms with Crippen LogP contribution >= 0.6 is 0 Å². The van der Waals surface area contributed by atoms with E-state index in [0.29, 0.717) is 24.3 Å². The SMILES string of the molecule is CCN(CC(C)(C)C)C(=O)Nc1ccc(-c2c(N)c(=O)c2=O)cc1. The van der Waals surface area contributed by atoms with Gasteiger partial charge >= 0.3 is 6.03 Å². The first kappa shape index (κ1) is 17.7. The first-order valence-corrected chi connectivity index (χ1v) is 7.89. The van der Waals surface area contributed by atoms with Crippen molar-refractivity contribution in [2.24, 2.45) is 5.41 Å². The van der Waals surface area contributed by atoms with E-state index in [2.05, 4.69) is 26.1 Å². The number of hydrogen-bond donors (Lipinski definition) is 2. The fraction of sp³-hybridized carbons (Fsp3) is 0.389. The molecule has 0 aliphatic heterocycles. The van der Waals surface area contributed by atoms with Crippen molar-refractivity contribution in [3.05, 3.63) is 44.7 Å². The molecule has 0 saturated carbocycles. The van der Waals surface area contributed by atoms with Crippen LogP contribution in [-0.4, -0.2) is 24.0 Å². The van der Waals surface area contributed by atoms with Crippen molar-refractivity contribution in [3.8, 4) is 11.1 Å². The second-order valence-electron chi connectivity index (χ2n) is 7.03. The summed E-state index contributed by atoms with van der Waals surface area (Å²) in [5, 5.41) is 2.84. The standard InChI is InChI=1S/C18H23N3O3/c1-5-21(10-18(2,3)4)17(24)20-12-8-6-11(7-9-12)13-14(19)16(23)15(13)22/h6-9H,5,10,19H2,1-4H3,(H,20,24). The second kappa shape index (κ2) is 6.47. The van der Waals surface area contributed by atoms with Crippen LogP contribution in [0.3, 0.4) is 0 Å². The van der Waals surface area contributed by atoms with E-state index < -0.39 is 10.9 Å². The van der Waals surface area contributed by atoms with Crippen LogP contribution in [0.4, 0.5) is 16.2 Å². The summed E-state index contributed by atoms with van der Waals surface area (Å²) in [6.45, 7) is 9.42. The number of nitrogens with one attached hydrogen (secondary N) is 1. The van der Waals surface area contributed by atoms with E-state index >= 15 is 0 Å². The number of nitrogens with two attached hydrogens (primary N) is 1. The zero-order valence-electron chi connectivity index (χ0n) is 14.5. The Bertz CT molecular complexity index is 810. The first-order chi connectivity index (χ1) is 11.1. The van der Waals surface area contributed by atoms with Gasteiger partial charge in [-0.05, 0) is 30.0 Å². The van der Waals surface area contributed by atoms with Crippen molar-refractivity contribution in [1.82, 2.24) is 4.90 Å². The highest BCUT2D eigenvalue weighted by molar-refractivity contribution is 5.90. The van der Waals surface area contributed by atoms with Crippen molar-refractivity contribution >= 4 is 17.4 Å². The molecule has 24 heavy (non-hydrogen) atoms. The van der Waals surface area contributed by atoms with Gasteiger partial charge in [0.15, 0.2) is 0 Å². The Kier molecular flexibility index (Phi) is 4.78. The molecule has 0 spiro atoms. The molecule has 2 aromatic rings. The molecule has 0 fully saturated rings. The first-order valence-electron chi connectivity index (χ1n) is 7.89. The van der Waals surface area contributed by atoms with Gasteiger partial charge in [0.05, 0.1) is 11.3 Å². The van der Waals surface area contributed by atoms with Gasteiger partial charge in [0.1, 0.15) is 0 Å². The average molecular weight is 329 g/mol. The fourth-order valence-corrected chi connectivity index (χ4v) is 2.52. The van der Waals surface area contributed by atoms with Crippen LogP contribution in [0.15, 0.2) is 33.9 Å². The lowest BCUT2D eigenvalue weighted by atomic mass is 9.96. The van der Waals surface area contributed by atoms with Crippen molar-refractivity contribution in [2.45, 2.75) is 27.7 Å². The summed E-state index contributed by atoms with van der Waals surface area (Å²) in [6, 6.07) is 6.54. The number of urea groups is 1. The van der Waals surface area contributed by atoms with Gasteiger partial charge < -0.3 is 16.0 Å². The third kappa shape index (κ3) is 3.64. The molecule has 0 unspecified atom stereocenters. The largest absolute Gasteiger partial charge is 0.395 e. The van der Waals surface area contributed by atoms with E-state index in [0.717, 1.165) is 0 Å². The van der Waals surface area contributed by atoms with Crippen LogP contribution in [0.1, 0.15) is 27.7 Å². The Labute approximate surface area is 141 Å². The molecule has 0 aliphatic carbocycles. The monoisotopic (exact) mass is 329 g/mol. The molecule has 2 amide bonds. The van der Waals surface area contributed by atoms with Crippen LogP contribution in [-0.2, 0) is 0 Å². The number of carbonyl (C=O) groups is 1. The molecule has 2 rings (SSSR count). The van der Waals surface area contributed by atoms with Gasteiger partial charge in [-0.25, -0.2) is 4.79 Å². The summed E-state index contributed by atoms with van der Waals surface area (Å²) in [5.41, 5.74) is 5.82. The fourth-order valence-electron chi connectivity index (χ4n) is 2.52. The molecule has 128 valence electrons. The highest BCUT2D eigenvalue weighted by Gasteiger charge is 2.21. The lowest BCUT2D eigenvalue weighted by molar-refractivity contribution is 0.189. The van der Waals surface area contributed by atoms with Crippen LogP contribution in [0.25, 0.3) is 11.1 Å². The van der Waals surface area contributed by atoms with Crippen molar-refractivity contribution < 1.29 is 4.79 Å². The zero-order chi connectivity index (χ0) is 18.1. The van der Waals surface area contributed by atoms with E-state index in [9.17, 15) is 14.4 Å². The molecule has 2 aromatic carbocycles. The number of benzene rings is 1. The van der Waals surface area contributed by atoms with E-state index in [1.54, 1.807) is 29.2 Å². The molecule has 0 bridgehead atoms. The third-order valence-electron chi connectivity index (χ3n) is 3.71. The average Bonchev–Trinajstić information content (AvgIpc) is 2.53. The normalized spacial score (nSPS) is 11.5. The van der Waals surface area contributed by atoms with Gasteiger partial charge in [-0.2, -0.15) is 0 Å². The minimum atomic E-state index is -0.636. The number of hydrogen-bond acceptors (Lipinski definition) is 4. The minimum Gasteiger partial charge on any atom is -0.395 e. The van der Waals surface area contributed by atoms with Gasteiger partial charge in [-0.15, -0.1) is 0 Å². The molecule has 3 N–H and O–H groups in total. The highest BCUT2D eigenvalue weighted by Crippen LogP contribution is 2.23. The Morgan fingerprint density at radius 2 is 1.71 bits per heavy atom. The molecule has 0 saturated heterocycles. The Morgan fingerprint density at radius 3 is 2.17 bits per heavy atom. The summed E-state index contributed by atoms with van der Waals surface area (Å²) in [7, 11) is 0. The minimum absolute atomic E-state index is 0.000814. The molecule has 6 heteroatoms. The quantitative estimate of drug-likeness (QED) is 0.843. The number of nitrogen functional groups attached to an aromatic ring is 1. The molecule has 0 aromatic heterocycles. The van der Waals surface area contributed by atoms with Crippen molar-refractivity contribution in [3.63, 3.8) is 0 Å². The predicted molar refractivity (Wildman–Crippen MR) is 96.9 cm³/mol. The smallest absolute Gasteiger partial charge is 0.321 e. The molecule has 0 atom stereocenters. The van der Waals surface area contributed by atoms with Gasteiger partial charge in [0.25, 0.3) is 0 Å². The van der Waals surface area contributed by atoms with Gasteiger partial charge in [0, 0.05) is 18.8 Å². The Hall–Kier alpha value is -2.63. The summed E-state index contributed by atoms with van der Waals surface area (Å²) in [4.78, 5) is 36.8. The number of amides is 2. The van der Waals surface area contributed by atoms with Crippen LogP contribution < -0.4 is 21.9 Å². The Balaban J connectivity index is 2.10. The third-order valence-corrected chi connectivity index (χ3v) is 3.71. The molecular formula is C18H23N3O3. The topological polar surface area (TPSA) is 92.5 Å². The van der Waals surface area contributed by atoms with E-state index in [1.807, 2.05) is 6.92 Å². The summed E-state index contributed by atoms with van der Waals surface area (Å²) in [5.74, 6) is 0. The lowest BCUT2D eigenvalue weighted by Crippen LogP contribution is -2.40. The number of anilines is 2. The van der Waals surface area contributed by atoms with Crippen molar-refractivity contribution in [1.29, 1.82) is 0 Å². The maximum absolute atomic E-state index is 12.3. The highest BCUT2D eigenvalue weighted by atomic mass is 16.2. The Morgan fingerprint density at radius 1 is 1.12 bits per heavy atom. The van der Waals surface area contributed by atoms with Crippen LogP contribution in [0.5, 0.6) is 0 Å². The van der Waals surface area contributed by atoms with Crippen LogP contribution in [0.2, 0.25) is 0 Å². The molecule has 0 aliphatic rings. The maximum Gasteiger partial charge on any atom is 0.321 e. The number of rotatable bonds is 4. The molecule has 6 nitrogen and oxygen atoms in total. The molecule has 0 heterocycles. The van der Waals surface area contributed by atoms with Crippen LogP contribution in [0, 0.1) is 5.41 Å². The second-order valence-corrected chi connectivity index (χ2v) is 7.03. The van der Waals surface area contributed by atoms with E-state index in [4.69, 9.17) is 5.73 Å². The summed E-state index contributed by atoms with van der Waals surface area (Å²) >= 11 is 0. The van der Waals surface area contributed by atoms with E-state index in [1.165, 1.54) is 0 Å². The van der Waals surface area contributed by atoms with Gasteiger partial charge in [-0.3, -0.25) is 9.59 Å². The zero-order valence-corrected chi connectivity index (χ0v) is 14.5. The summed E-state index contributed by atoms with van der Waals surface area (Å²) in [6.07, 6.45) is 0. The maximum atomic E-state index is 12.3. The molecule has 0 radical (unpaired) electrons. The van der Waals surface area contributed by atoms with Gasteiger partial charge in [-0.1, -0.05) is 32.9 Å². The van der Waals surface area contributed by atoms with Crippen molar-refractivity contribution in [2.75, 3.05) is 24.1 Å². The summed E-state index contributed by atoms with van der Waals surface area (Å²) < 4.78 is 0. The van der Waals surface area contributed by atoms with E-state index in [-0.39, 0.29) is 22.7 Å². The van der Waals surface area contributed by atoms with Gasteiger partial charge in [0.2, 0.25) is 10.9 Å². The molecular weight excluding hydrogens is 306 g/mol. The number of nitrogens with zero attached hydrogens (tertiary/aromatic N) is 1. The predicted octanol–water partition coefficient (Wildman–Crippen LogP) is 2.43.